The van der Waals surface area contributed by atoms with Gasteiger partial charge in [0, 0.05) is 37.1 Å². The van der Waals surface area contributed by atoms with Crippen LogP contribution in [0.5, 0.6) is 0 Å². The lowest BCUT2D eigenvalue weighted by Gasteiger charge is -2.31. The number of aliphatic hydroxyl groups is 1. The Morgan fingerprint density at radius 1 is 1.32 bits per heavy atom. The normalized spacial score (nSPS) is 13.8. The summed E-state index contributed by atoms with van der Waals surface area (Å²) in [6, 6.07) is 2.60. The van der Waals surface area contributed by atoms with Gasteiger partial charge in [0.1, 0.15) is 0 Å². The highest BCUT2D eigenvalue weighted by Crippen LogP contribution is 2.23. The van der Waals surface area contributed by atoms with E-state index in [2.05, 4.69) is 57.5 Å². The third-order valence-electron chi connectivity index (χ3n) is 4.00. The molecule has 0 spiro atoms. The summed E-state index contributed by atoms with van der Waals surface area (Å²) in [7, 11) is 0. The van der Waals surface area contributed by atoms with Crippen molar-refractivity contribution in [1.82, 2.24) is 9.88 Å². The quantitative estimate of drug-likeness (QED) is 0.830. The third kappa shape index (κ3) is 4.08. The smallest absolute Gasteiger partial charge is 0.0446 e. The van der Waals surface area contributed by atoms with Gasteiger partial charge >= 0.3 is 0 Å². The summed E-state index contributed by atoms with van der Waals surface area (Å²) in [6.07, 6.45) is 0.802. The van der Waals surface area contributed by atoms with Gasteiger partial charge in [-0.1, -0.05) is 20.8 Å². The highest BCUT2D eigenvalue weighted by molar-refractivity contribution is 5.26. The Balaban J connectivity index is 2.75. The highest BCUT2D eigenvalue weighted by Gasteiger charge is 2.23. The van der Waals surface area contributed by atoms with E-state index in [0.29, 0.717) is 6.04 Å². The van der Waals surface area contributed by atoms with Crippen molar-refractivity contribution in [2.75, 3.05) is 6.61 Å². The van der Waals surface area contributed by atoms with Crippen LogP contribution in [0.3, 0.4) is 0 Å². The molecule has 19 heavy (non-hydrogen) atoms. The molecular weight excluding hydrogens is 236 g/mol. The lowest BCUT2D eigenvalue weighted by atomic mass is 9.85. The summed E-state index contributed by atoms with van der Waals surface area (Å²) < 4.78 is 2.34. The van der Waals surface area contributed by atoms with Crippen molar-refractivity contribution in [2.45, 2.75) is 67.1 Å². The van der Waals surface area contributed by atoms with Gasteiger partial charge in [-0.05, 0) is 44.2 Å². The summed E-state index contributed by atoms with van der Waals surface area (Å²) in [5.41, 5.74) is 4.21. The van der Waals surface area contributed by atoms with Gasteiger partial charge in [0.2, 0.25) is 0 Å². The average molecular weight is 266 g/mol. The number of aliphatic hydroxyl groups excluding tert-OH is 1. The molecular formula is C16H30N2O. The zero-order valence-electron chi connectivity index (χ0n) is 13.4. The van der Waals surface area contributed by atoms with Gasteiger partial charge in [-0.3, -0.25) is 0 Å². The summed E-state index contributed by atoms with van der Waals surface area (Å²) in [5, 5.41) is 12.8. The minimum atomic E-state index is 0.166. The Morgan fingerprint density at radius 2 is 1.95 bits per heavy atom. The average Bonchev–Trinajstić information content (AvgIpc) is 2.58. The van der Waals surface area contributed by atoms with Gasteiger partial charge in [0.05, 0.1) is 0 Å². The van der Waals surface area contributed by atoms with Crippen LogP contribution in [0, 0.1) is 19.3 Å². The fourth-order valence-electron chi connectivity index (χ4n) is 2.74. The van der Waals surface area contributed by atoms with E-state index in [1.807, 2.05) is 0 Å². The fourth-order valence-corrected chi connectivity index (χ4v) is 2.74. The second-order valence-electron chi connectivity index (χ2n) is 6.45. The van der Waals surface area contributed by atoms with Crippen molar-refractivity contribution in [1.29, 1.82) is 0 Å². The molecule has 0 radical (unpaired) electrons. The maximum atomic E-state index is 9.19. The molecule has 3 nitrogen and oxygen atoms in total. The molecule has 0 aliphatic carbocycles. The lowest BCUT2D eigenvalue weighted by Crippen LogP contribution is -2.40. The first kappa shape index (κ1) is 16.3. The molecule has 3 heteroatoms. The topological polar surface area (TPSA) is 37.2 Å². The third-order valence-corrected chi connectivity index (χ3v) is 4.00. The molecule has 0 amide bonds. The number of nitrogens with one attached hydrogen (secondary N) is 1. The Bertz CT molecular complexity index is 402. The maximum Gasteiger partial charge on any atom is 0.0446 e. The summed E-state index contributed by atoms with van der Waals surface area (Å²) >= 11 is 0. The lowest BCUT2D eigenvalue weighted by molar-refractivity contribution is 0.196. The number of hydrogen-bond acceptors (Lipinski definition) is 2. The summed E-state index contributed by atoms with van der Waals surface area (Å²) in [5.74, 6) is 0. The summed E-state index contributed by atoms with van der Waals surface area (Å²) in [6.45, 7) is 15.3. The van der Waals surface area contributed by atoms with Crippen LogP contribution < -0.4 is 5.32 Å². The minimum Gasteiger partial charge on any atom is -0.396 e. The predicted molar refractivity (Wildman–Crippen MR) is 81.4 cm³/mol. The van der Waals surface area contributed by atoms with Gasteiger partial charge in [0.25, 0.3) is 0 Å². The molecule has 1 heterocycles. The second kappa shape index (κ2) is 6.58. The molecule has 1 aromatic rings. The van der Waals surface area contributed by atoms with E-state index in [0.717, 1.165) is 19.5 Å². The van der Waals surface area contributed by atoms with Crippen LogP contribution >= 0.6 is 0 Å². The number of aryl methyl sites for hydroxylation is 1. The van der Waals surface area contributed by atoms with Crippen LogP contribution in [-0.4, -0.2) is 22.3 Å². The first-order chi connectivity index (χ1) is 8.81. The van der Waals surface area contributed by atoms with Crippen molar-refractivity contribution in [3.05, 3.63) is 23.0 Å². The van der Waals surface area contributed by atoms with Crippen LogP contribution in [0.25, 0.3) is 0 Å². The van der Waals surface area contributed by atoms with Crippen molar-refractivity contribution >= 4 is 0 Å². The second-order valence-corrected chi connectivity index (χ2v) is 6.45. The molecule has 0 saturated carbocycles. The van der Waals surface area contributed by atoms with E-state index in [9.17, 15) is 5.11 Å². The Hall–Kier alpha value is -0.800. The van der Waals surface area contributed by atoms with Gasteiger partial charge in [0.15, 0.2) is 0 Å². The molecule has 1 atom stereocenters. The monoisotopic (exact) mass is 266 g/mol. The summed E-state index contributed by atoms with van der Waals surface area (Å²) in [4.78, 5) is 0. The fraction of sp³-hybridized carbons (Fsp3) is 0.750. The van der Waals surface area contributed by atoms with Gasteiger partial charge < -0.3 is 15.0 Å². The van der Waals surface area contributed by atoms with E-state index in [4.69, 9.17) is 0 Å². The molecule has 0 saturated heterocycles. The van der Waals surface area contributed by atoms with Gasteiger partial charge in [-0.25, -0.2) is 0 Å². The number of aromatic nitrogens is 1. The van der Waals surface area contributed by atoms with E-state index in [-0.39, 0.29) is 12.0 Å². The maximum absolute atomic E-state index is 9.19. The van der Waals surface area contributed by atoms with E-state index in [1.165, 1.54) is 17.0 Å². The van der Waals surface area contributed by atoms with Crippen LogP contribution in [0.15, 0.2) is 6.07 Å². The van der Waals surface area contributed by atoms with Crippen molar-refractivity contribution < 1.29 is 5.11 Å². The SMILES string of the molecule is CCn1c(C)cc(CNC(CCO)C(C)(C)C)c1C. The van der Waals surface area contributed by atoms with Crippen LogP contribution in [0.2, 0.25) is 0 Å². The van der Waals surface area contributed by atoms with Crippen LogP contribution in [0.1, 0.15) is 51.1 Å². The number of hydrogen-bond donors (Lipinski definition) is 2. The minimum absolute atomic E-state index is 0.166. The number of nitrogens with zero attached hydrogens (tertiary/aromatic N) is 1. The Morgan fingerprint density at radius 3 is 2.37 bits per heavy atom. The Kier molecular flexibility index (Phi) is 5.63. The largest absolute Gasteiger partial charge is 0.396 e. The van der Waals surface area contributed by atoms with E-state index >= 15 is 0 Å². The number of rotatable bonds is 6. The molecule has 0 aliphatic heterocycles. The standard InChI is InChI=1S/C16H30N2O/c1-7-18-12(2)10-14(13(18)3)11-17-15(8-9-19)16(4,5)6/h10,15,17,19H,7-9,11H2,1-6H3. The molecule has 1 rings (SSSR count). The zero-order valence-corrected chi connectivity index (χ0v) is 13.4. The van der Waals surface area contributed by atoms with Crippen molar-refractivity contribution in [3.63, 3.8) is 0 Å². The molecule has 0 fully saturated rings. The molecule has 1 aromatic heterocycles. The first-order valence-corrected chi connectivity index (χ1v) is 7.31. The molecule has 0 aliphatic rings. The Labute approximate surface area is 118 Å². The highest BCUT2D eigenvalue weighted by atomic mass is 16.3. The van der Waals surface area contributed by atoms with Crippen molar-refractivity contribution in [2.24, 2.45) is 5.41 Å². The zero-order chi connectivity index (χ0) is 14.6. The van der Waals surface area contributed by atoms with Crippen LogP contribution in [0.4, 0.5) is 0 Å². The molecule has 0 aromatic carbocycles. The van der Waals surface area contributed by atoms with E-state index in [1.54, 1.807) is 0 Å². The van der Waals surface area contributed by atoms with E-state index < -0.39 is 0 Å². The molecule has 2 N–H and O–H groups in total. The molecule has 110 valence electrons. The predicted octanol–water partition coefficient (Wildman–Crippen LogP) is 3.01. The molecule has 1 unspecified atom stereocenters. The first-order valence-electron chi connectivity index (χ1n) is 7.31. The van der Waals surface area contributed by atoms with Crippen LogP contribution in [-0.2, 0) is 13.1 Å². The van der Waals surface area contributed by atoms with Gasteiger partial charge in [-0.15, -0.1) is 0 Å². The molecule has 0 bridgehead atoms. The van der Waals surface area contributed by atoms with Crippen molar-refractivity contribution in [3.8, 4) is 0 Å². The van der Waals surface area contributed by atoms with Gasteiger partial charge in [-0.2, -0.15) is 0 Å².